The number of pyridine rings is 1. The number of alkyl halides is 2. The van der Waals surface area contributed by atoms with Gasteiger partial charge >= 0.3 is 0 Å². The average Bonchev–Trinajstić information content (AvgIpc) is 2.92. The summed E-state index contributed by atoms with van der Waals surface area (Å²) in [6.07, 6.45) is 2.23. The van der Waals surface area contributed by atoms with Gasteiger partial charge in [-0.3, -0.25) is 19.1 Å². The standard InChI is InChI=1S/C27H26ClF3N6O2/c1-14-4-3-5-21(18-10-15(8-9-34-18)25(33-2)20(12-32)36-27(14)39)37-13-35-19(11-22(37)38)23-16(26(30)31)6-7-17(28)24(23)29/h6-14,21,26,32-33H,3-5H2,1-2H3,(H,36,39)/b25-20+,32-12?. The monoisotopic (exact) mass is 558 g/mol. The lowest BCUT2D eigenvalue weighted by atomic mass is 9.96. The third-order valence-corrected chi connectivity index (χ3v) is 6.98. The molecule has 3 N–H and O–H groups in total. The van der Waals surface area contributed by atoms with Gasteiger partial charge in [0.25, 0.3) is 12.0 Å². The Morgan fingerprint density at radius 2 is 1.97 bits per heavy atom. The van der Waals surface area contributed by atoms with Gasteiger partial charge in [-0.15, -0.1) is 0 Å². The molecule has 0 aliphatic carbocycles. The molecule has 3 heterocycles. The Hall–Kier alpha value is -3.99. The lowest BCUT2D eigenvalue weighted by Crippen LogP contribution is -2.32. The third kappa shape index (κ3) is 5.73. The number of nitrogens with one attached hydrogen (secondary N) is 3. The highest BCUT2D eigenvalue weighted by atomic mass is 35.5. The van der Waals surface area contributed by atoms with Crippen LogP contribution in [-0.2, 0) is 4.79 Å². The molecular formula is C27H26ClF3N6O2. The molecule has 39 heavy (non-hydrogen) atoms. The third-order valence-electron chi connectivity index (χ3n) is 6.68. The second-order valence-corrected chi connectivity index (χ2v) is 9.54. The average molecular weight is 559 g/mol. The molecule has 4 rings (SSSR count). The first-order valence-electron chi connectivity index (χ1n) is 12.2. The van der Waals surface area contributed by atoms with Crippen molar-refractivity contribution in [1.29, 1.82) is 5.41 Å². The fourth-order valence-corrected chi connectivity index (χ4v) is 4.77. The number of amides is 1. The summed E-state index contributed by atoms with van der Waals surface area (Å²) in [7, 11) is 1.66. The van der Waals surface area contributed by atoms with Gasteiger partial charge in [-0.05, 0) is 31.0 Å². The number of halogens is 4. The van der Waals surface area contributed by atoms with Gasteiger partial charge in [0.05, 0.1) is 40.2 Å². The van der Waals surface area contributed by atoms with Gasteiger partial charge in [-0.1, -0.05) is 31.0 Å². The van der Waals surface area contributed by atoms with E-state index in [1.807, 2.05) is 0 Å². The van der Waals surface area contributed by atoms with E-state index in [9.17, 15) is 22.8 Å². The van der Waals surface area contributed by atoms with Gasteiger partial charge in [-0.25, -0.2) is 18.2 Å². The van der Waals surface area contributed by atoms with Crippen LogP contribution in [0.5, 0.6) is 0 Å². The zero-order valence-corrected chi connectivity index (χ0v) is 21.9. The molecule has 1 amide bonds. The SMILES string of the molecule is CN/C1=C(\C=N)NC(=O)C(C)CCCC(n2cnc(-c3c(C(F)F)ccc(Cl)c3F)cc2=O)c2cc1ccn2. The van der Waals surface area contributed by atoms with E-state index >= 15 is 0 Å². The van der Waals surface area contributed by atoms with Crippen molar-refractivity contribution < 1.29 is 18.0 Å². The highest BCUT2D eigenvalue weighted by Gasteiger charge is 2.25. The largest absolute Gasteiger partial charge is 0.386 e. The number of hydrogen-bond donors (Lipinski definition) is 3. The van der Waals surface area contributed by atoms with Crippen molar-refractivity contribution in [3.63, 3.8) is 0 Å². The summed E-state index contributed by atoms with van der Waals surface area (Å²) in [5.74, 6) is -1.70. The van der Waals surface area contributed by atoms with Gasteiger partial charge in [0.1, 0.15) is 0 Å². The Bertz CT molecular complexity index is 1510. The van der Waals surface area contributed by atoms with Crippen molar-refractivity contribution in [3.8, 4) is 11.3 Å². The predicted molar refractivity (Wildman–Crippen MR) is 142 cm³/mol. The molecule has 8 nitrogen and oxygen atoms in total. The molecule has 204 valence electrons. The molecule has 0 radical (unpaired) electrons. The predicted octanol–water partition coefficient (Wildman–Crippen LogP) is 5.10. The van der Waals surface area contributed by atoms with Crippen LogP contribution < -0.4 is 16.2 Å². The van der Waals surface area contributed by atoms with Gasteiger partial charge < -0.3 is 16.0 Å². The van der Waals surface area contributed by atoms with E-state index in [-0.39, 0.29) is 28.2 Å². The van der Waals surface area contributed by atoms with E-state index in [2.05, 4.69) is 20.6 Å². The molecule has 2 bridgehead atoms. The van der Waals surface area contributed by atoms with Crippen molar-refractivity contribution >= 4 is 29.4 Å². The van der Waals surface area contributed by atoms with Crippen LogP contribution in [0.2, 0.25) is 5.02 Å². The van der Waals surface area contributed by atoms with E-state index in [1.165, 1.54) is 10.9 Å². The fourth-order valence-electron chi connectivity index (χ4n) is 4.61. The molecule has 1 aliphatic rings. The van der Waals surface area contributed by atoms with E-state index in [4.69, 9.17) is 17.0 Å². The zero-order valence-electron chi connectivity index (χ0n) is 21.1. The van der Waals surface area contributed by atoms with E-state index in [1.54, 1.807) is 32.3 Å². The summed E-state index contributed by atoms with van der Waals surface area (Å²) < 4.78 is 43.4. The summed E-state index contributed by atoms with van der Waals surface area (Å²) in [4.78, 5) is 34.7. The molecule has 1 aromatic carbocycles. The number of hydrogen-bond acceptors (Lipinski definition) is 6. The molecule has 2 atom stereocenters. The highest BCUT2D eigenvalue weighted by Crippen LogP contribution is 2.35. The van der Waals surface area contributed by atoms with Crippen LogP contribution in [0.25, 0.3) is 17.0 Å². The summed E-state index contributed by atoms with van der Waals surface area (Å²) in [5, 5.41) is 13.3. The first kappa shape index (κ1) is 28.0. The van der Waals surface area contributed by atoms with Crippen LogP contribution in [0.15, 0.2) is 53.3 Å². The van der Waals surface area contributed by atoms with Gasteiger partial charge in [0.15, 0.2) is 5.82 Å². The fraction of sp³-hybridized carbons (Fsp3) is 0.296. The smallest absolute Gasteiger partial charge is 0.264 e. The molecule has 0 saturated carbocycles. The van der Waals surface area contributed by atoms with Gasteiger partial charge in [0, 0.05) is 48.1 Å². The number of allylic oxidation sites excluding steroid dienone is 1. The maximum Gasteiger partial charge on any atom is 0.264 e. The highest BCUT2D eigenvalue weighted by molar-refractivity contribution is 6.31. The van der Waals surface area contributed by atoms with E-state index in [0.29, 0.717) is 36.2 Å². The molecule has 0 fully saturated rings. The summed E-state index contributed by atoms with van der Waals surface area (Å²) >= 11 is 5.83. The van der Waals surface area contributed by atoms with Crippen molar-refractivity contribution in [2.24, 2.45) is 5.92 Å². The van der Waals surface area contributed by atoms with Crippen LogP contribution in [0.4, 0.5) is 13.2 Å². The molecule has 0 spiro atoms. The number of fused-ring (bicyclic) bond motifs is 2. The molecule has 3 aromatic rings. The number of carbonyl (C=O) groups is 1. The lowest BCUT2D eigenvalue weighted by Gasteiger charge is -2.23. The number of benzene rings is 1. The molecule has 1 aliphatic heterocycles. The number of nitrogens with zero attached hydrogens (tertiary/aromatic N) is 3. The lowest BCUT2D eigenvalue weighted by molar-refractivity contribution is -0.123. The normalized spacial score (nSPS) is 20.1. The van der Waals surface area contributed by atoms with Gasteiger partial charge in [-0.2, -0.15) is 0 Å². The Kier molecular flexibility index (Phi) is 8.49. The minimum atomic E-state index is -3.01. The number of aromatic nitrogens is 3. The minimum Gasteiger partial charge on any atom is -0.386 e. The maximum atomic E-state index is 14.8. The topological polar surface area (TPSA) is 113 Å². The summed E-state index contributed by atoms with van der Waals surface area (Å²) in [6, 6.07) is 5.87. The molecular weight excluding hydrogens is 533 g/mol. The molecule has 2 aromatic heterocycles. The van der Waals surface area contributed by atoms with Crippen LogP contribution in [0.1, 0.15) is 55.5 Å². The van der Waals surface area contributed by atoms with Crippen LogP contribution >= 0.6 is 11.6 Å². The van der Waals surface area contributed by atoms with Crippen LogP contribution in [0, 0.1) is 17.1 Å². The van der Waals surface area contributed by atoms with Gasteiger partial charge in [0.2, 0.25) is 5.91 Å². The molecule has 12 heteroatoms. The zero-order chi connectivity index (χ0) is 28.3. The van der Waals surface area contributed by atoms with Crippen LogP contribution in [0.3, 0.4) is 0 Å². The molecule has 0 saturated heterocycles. The second kappa shape index (κ2) is 11.8. The van der Waals surface area contributed by atoms with Crippen molar-refractivity contribution in [3.05, 3.63) is 86.6 Å². The Morgan fingerprint density at radius 3 is 2.64 bits per heavy atom. The Balaban J connectivity index is 1.85. The van der Waals surface area contributed by atoms with E-state index in [0.717, 1.165) is 24.4 Å². The van der Waals surface area contributed by atoms with Crippen molar-refractivity contribution in [2.45, 2.75) is 38.7 Å². The molecule has 2 unspecified atom stereocenters. The van der Waals surface area contributed by atoms with Crippen molar-refractivity contribution in [1.82, 2.24) is 25.2 Å². The minimum absolute atomic E-state index is 0.241. The van der Waals surface area contributed by atoms with E-state index < -0.39 is 35.0 Å². The second-order valence-electron chi connectivity index (χ2n) is 9.14. The van der Waals surface area contributed by atoms with Crippen molar-refractivity contribution in [2.75, 3.05) is 7.05 Å². The quantitative estimate of drug-likeness (QED) is 0.377. The Morgan fingerprint density at radius 1 is 1.21 bits per heavy atom. The summed E-state index contributed by atoms with van der Waals surface area (Å²) in [5.41, 5.74) is -0.0915. The Labute approximate surface area is 227 Å². The first-order chi connectivity index (χ1) is 18.7. The first-order valence-corrected chi connectivity index (χ1v) is 12.6. The summed E-state index contributed by atoms with van der Waals surface area (Å²) in [6.45, 7) is 1.77. The maximum absolute atomic E-state index is 14.8. The number of carbonyl (C=O) groups excluding carboxylic acids is 1. The van der Waals surface area contributed by atoms with Crippen LogP contribution in [-0.4, -0.2) is 33.7 Å². The number of rotatable bonds is 5.